The second kappa shape index (κ2) is 9.02. The van der Waals surface area contributed by atoms with Crippen molar-refractivity contribution in [1.29, 1.82) is 5.26 Å². The van der Waals surface area contributed by atoms with Gasteiger partial charge >= 0.3 is 0 Å². The molecule has 1 fully saturated rings. The third-order valence-electron chi connectivity index (χ3n) is 6.24. The molecule has 1 aliphatic heterocycles. The van der Waals surface area contributed by atoms with Crippen LogP contribution in [0.1, 0.15) is 11.1 Å². The molecule has 178 valence electrons. The summed E-state index contributed by atoms with van der Waals surface area (Å²) in [5.41, 5.74) is 3.34. The summed E-state index contributed by atoms with van der Waals surface area (Å²) < 4.78 is 25.7. The number of aromatic hydroxyl groups is 1. The first-order valence-corrected chi connectivity index (χ1v) is 13.0. The molecule has 1 aromatic carbocycles. The number of nitrogens with zero attached hydrogens (tertiary/aromatic N) is 6. The lowest BCUT2D eigenvalue weighted by atomic mass is 10.1. The molecule has 10 heteroatoms. The summed E-state index contributed by atoms with van der Waals surface area (Å²) in [5, 5.41) is 23.7. The zero-order valence-corrected chi connectivity index (χ0v) is 20.0. The van der Waals surface area contributed by atoms with E-state index in [1.165, 1.54) is 23.2 Å². The number of hydrogen-bond donors (Lipinski definition) is 1. The van der Waals surface area contributed by atoms with E-state index in [0.717, 1.165) is 43.1 Å². The minimum absolute atomic E-state index is 0.0535. The first-order valence-electron chi connectivity index (χ1n) is 11.2. The highest BCUT2D eigenvalue weighted by Gasteiger charge is 2.21. The van der Waals surface area contributed by atoms with Crippen LogP contribution in [0, 0.1) is 11.3 Å². The van der Waals surface area contributed by atoms with Crippen molar-refractivity contribution in [3.05, 3.63) is 72.2 Å². The van der Waals surface area contributed by atoms with E-state index < -0.39 is 9.84 Å². The monoisotopic (exact) mass is 488 g/mol. The smallest absolute Gasteiger partial charge is 0.175 e. The summed E-state index contributed by atoms with van der Waals surface area (Å²) in [5.74, 6) is 0.896. The van der Waals surface area contributed by atoms with Gasteiger partial charge in [0.1, 0.15) is 17.6 Å². The molecule has 0 atom stereocenters. The van der Waals surface area contributed by atoms with Gasteiger partial charge < -0.3 is 10.0 Å². The van der Waals surface area contributed by atoms with E-state index in [1.54, 1.807) is 24.4 Å². The van der Waals surface area contributed by atoms with E-state index in [0.29, 0.717) is 28.1 Å². The highest BCUT2D eigenvalue weighted by Crippen LogP contribution is 2.31. The van der Waals surface area contributed by atoms with Crippen LogP contribution in [-0.2, 0) is 16.4 Å². The number of sulfone groups is 1. The minimum Gasteiger partial charge on any atom is -0.506 e. The van der Waals surface area contributed by atoms with Crippen LogP contribution in [0.25, 0.3) is 16.6 Å². The summed E-state index contributed by atoms with van der Waals surface area (Å²) in [4.78, 5) is 9.48. The second-order valence-electron chi connectivity index (χ2n) is 8.62. The van der Waals surface area contributed by atoms with E-state index in [2.05, 4.69) is 26.0 Å². The largest absolute Gasteiger partial charge is 0.506 e. The molecule has 3 aromatic heterocycles. The van der Waals surface area contributed by atoms with E-state index in [1.807, 2.05) is 24.3 Å². The van der Waals surface area contributed by atoms with Crippen LogP contribution in [0.3, 0.4) is 0 Å². The van der Waals surface area contributed by atoms with Crippen molar-refractivity contribution in [3.8, 4) is 22.9 Å². The number of benzene rings is 1. The summed E-state index contributed by atoms with van der Waals surface area (Å²) in [7, 11) is -3.27. The SMILES string of the molecule is CS(=O)(=O)c1ccccc1CN1CCN(c2ccc(-c3cc(O)cn4ncc(C#N)c34)cn2)CC1. The number of aromatic nitrogens is 3. The number of rotatable bonds is 5. The van der Waals surface area contributed by atoms with Gasteiger partial charge in [-0.3, -0.25) is 4.90 Å². The minimum atomic E-state index is -3.27. The molecular formula is C25H24N6O3S. The van der Waals surface area contributed by atoms with Gasteiger partial charge in [-0.05, 0) is 29.8 Å². The standard InChI is InChI=1S/C25H24N6O3S/c1-35(33,34)23-5-3-2-4-19(23)16-29-8-10-30(11-9-29)24-7-6-18(14-27-24)22-12-21(32)17-31-25(22)20(13-26)15-28-31/h2-7,12,14-15,17,32H,8-11,16H2,1H3. The molecule has 1 N–H and O–H groups in total. The molecule has 0 unspecified atom stereocenters. The van der Waals surface area contributed by atoms with Crippen molar-refractivity contribution in [2.75, 3.05) is 37.3 Å². The van der Waals surface area contributed by atoms with Gasteiger partial charge in [-0.15, -0.1) is 0 Å². The van der Waals surface area contributed by atoms with Crippen molar-refractivity contribution in [3.63, 3.8) is 0 Å². The lowest BCUT2D eigenvalue weighted by molar-refractivity contribution is 0.247. The Labute approximate surface area is 203 Å². The topological polar surface area (TPSA) is 115 Å². The molecule has 4 aromatic rings. The summed E-state index contributed by atoms with van der Waals surface area (Å²) in [6.45, 7) is 3.70. The zero-order valence-electron chi connectivity index (χ0n) is 19.2. The molecular weight excluding hydrogens is 464 g/mol. The van der Waals surface area contributed by atoms with Gasteiger partial charge in [-0.1, -0.05) is 18.2 Å². The van der Waals surface area contributed by atoms with Gasteiger partial charge in [0.15, 0.2) is 9.84 Å². The Balaban J connectivity index is 1.30. The molecule has 9 nitrogen and oxygen atoms in total. The number of pyridine rings is 2. The van der Waals surface area contributed by atoms with E-state index >= 15 is 0 Å². The first kappa shape index (κ1) is 22.8. The van der Waals surface area contributed by atoms with Gasteiger partial charge in [0, 0.05) is 56.3 Å². The number of anilines is 1. The van der Waals surface area contributed by atoms with E-state index in [4.69, 9.17) is 0 Å². The van der Waals surface area contributed by atoms with Crippen LogP contribution in [0.4, 0.5) is 5.82 Å². The molecule has 4 heterocycles. The van der Waals surface area contributed by atoms with Crippen molar-refractivity contribution >= 4 is 21.2 Å². The average molecular weight is 489 g/mol. The number of piperazine rings is 1. The van der Waals surface area contributed by atoms with Crippen molar-refractivity contribution < 1.29 is 13.5 Å². The molecule has 0 radical (unpaired) electrons. The van der Waals surface area contributed by atoms with Gasteiger partial charge in [0.25, 0.3) is 0 Å². The highest BCUT2D eigenvalue weighted by atomic mass is 32.2. The van der Waals surface area contributed by atoms with Crippen LogP contribution < -0.4 is 4.90 Å². The Morgan fingerprint density at radius 2 is 1.86 bits per heavy atom. The quantitative estimate of drug-likeness (QED) is 0.456. The molecule has 0 spiro atoms. The lowest BCUT2D eigenvalue weighted by Crippen LogP contribution is -2.46. The van der Waals surface area contributed by atoms with Crippen molar-refractivity contribution in [2.45, 2.75) is 11.4 Å². The Morgan fingerprint density at radius 3 is 2.54 bits per heavy atom. The molecule has 0 bridgehead atoms. The van der Waals surface area contributed by atoms with Crippen molar-refractivity contribution in [2.24, 2.45) is 0 Å². The first-order chi connectivity index (χ1) is 16.8. The van der Waals surface area contributed by atoms with Crippen LogP contribution in [0.15, 0.2) is 66.0 Å². The van der Waals surface area contributed by atoms with Gasteiger partial charge in [0.05, 0.1) is 28.4 Å². The maximum absolute atomic E-state index is 12.1. The Bertz CT molecular complexity index is 1530. The molecule has 0 amide bonds. The van der Waals surface area contributed by atoms with Crippen LogP contribution >= 0.6 is 0 Å². The number of nitriles is 1. The zero-order chi connectivity index (χ0) is 24.6. The lowest BCUT2D eigenvalue weighted by Gasteiger charge is -2.35. The van der Waals surface area contributed by atoms with Crippen molar-refractivity contribution in [1.82, 2.24) is 19.5 Å². The molecule has 35 heavy (non-hydrogen) atoms. The maximum Gasteiger partial charge on any atom is 0.175 e. The third kappa shape index (κ3) is 4.56. The van der Waals surface area contributed by atoms with Crippen LogP contribution in [0.5, 0.6) is 5.75 Å². The third-order valence-corrected chi connectivity index (χ3v) is 7.44. The molecule has 0 saturated carbocycles. The van der Waals surface area contributed by atoms with Gasteiger partial charge in [-0.2, -0.15) is 10.4 Å². The number of fused-ring (bicyclic) bond motifs is 1. The summed E-state index contributed by atoms with van der Waals surface area (Å²) >= 11 is 0. The fourth-order valence-electron chi connectivity index (χ4n) is 4.51. The molecule has 0 aliphatic carbocycles. The highest BCUT2D eigenvalue weighted by molar-refractivity contribution is 7.90. The summed E-state index contributed by atoms with van der Waals surface area (Å²) in [6, 6.07) is 14.8. The van der Waals surface area contributed by atoms with E-state index in [9.17, 15) is 18.8 Å². The predicted octanol–water partition coefficient (Wildman–Crippen LogP) is 2.70. The Kier molecular flexibility index (Phi) is 5.88. The fraction of sp³-hybridized carbons (Fsp3) is 0.240. The average Bonchev–Trinajstić information content (AvgIpc) is 3.27. The van der Waals surface area contributed by atoms with E-state index in [-0.39, 0.29) is 5.75 Å². The Hall–Kier alpha value is -3.94. The van der Waals surface area contributed by atoms with Gasteiger partial charge in [0.2, 0.25) is 0 Å². The maximum atomic E-state index is 12.1. The normalized spacial score (nSPS) is 14.8. The fourth-order valence-corrected chi connectivity index (χ4v) is 5.45. The second-order valence-corrected chi connectivity index (χ2v) is 10.6. The Morgan fingerprint density at radius 1 is 1.09 bits per heavy atom. The van der Waals surface area contributed by atoms with Crippen LogP contribution in [0.2, 0.25) is 0 Å². The predicted molar refractivity (Wildman–Crippen MR) is 132 cm³/mol. The van der Waals surface area contributed by atoms with Gasteiger partial charge in [-0.25, -0.2) is 17.9 Å². The molecule has 1 aliphatic rings. The molecule has 1 saturated heterocycles. The number of hydrogen-bond acceptors (Lipinski definition) is 8. The molecule has 5 rings (SSSR count). The van der Waals surface area contributed by atoms with Crippen LogP contribution in [-0.4, -0.2) is 65.5 Å². The summed E-state index contributed by atoms with van der Waals surface area (Å²) in [6.07, 6.45) is 5.94.